The summed E-state index contributed by atoms with van der Waals surface area (Å²) in [5.41, 5.74) is 0.632. The second-order valence-electron chi connectivity index (χ2n) is 15.3. The summed E-state index contributed by atoms with van der Waals surface area (Å²) >= 11 is 0. The van der Waals surface area contributed by atoms with E-state index in [9.17, 15) is 9.59 Å². The number of unbranched alkanes of at least 4 members (excludes halogenated alkanes) is 28. The predicted octanol–water partition coefficient (Wildman–Crippen LogP) is 17.8. The summed E-state index contributed by atoms with van der Waals surface area (Å²) in [6, 6.07) is 0. The molecule has 0 spiro atoms. The van der Waals surface area contributed by atoms with E-state index in [0.29, 0.717) is 11.1 Å². The fourth-order valence-corrected chi connectivity index (χ4v) is 5.34. The molecule has 0 saturated carbocycles. The summed E-state index contributed by atoms with van der Waals surface area (Å²) in [5.74, 6) is -0.979. The largest absolute Gasteiger partial charge is 0.459 e. The van der Waals surface area contributed by atoms with Crippen molar-refractivity contribution in [2.75, 3.05) is 13.2 Å². The molecule has 0 aliphatic carbocycles. The van der Waals surface area contributed by atoms with Crippen LogP contribution in [0, 0.1) is 0 Å². The Bertz CT molecular complexity index is 589. The third kappa shape index (κ3) is 71.8. The highest BCUT2D eigenvalue weighted by Crippen LogP contribution is 2.10. The molecule has 0 heterocycles. The first kappa shape index (κ1) is 61.6. The van der Waals surface area contributed by atoms with E-state index in [-0.39, 0.29) is 13.2 Å². The van der Waals surface area contributed by atoms with Crippen molar-refractivity contribution >= 4 is 11.9 Å². The van der Waals surface area contributed by atoms with Gasteiger partial charge in [-0.05, 0) is 13.8 Å². The van der Waals surface area contributed by atoms with Crippen molar-refractivity contribution in [2.24, 2.45) is 0 Å². The number of hydrogen-bond donors (Lipinski definition) is 0. The lowest BCUT2D eigenvalue weighted by molar-refractivity contribution is -0.147. The number of carbonyl (C=O) groups excluding carboxylic acids is 2. The summed E-state index contributed by atoms with van der Waals surface area (Å²) in [5, 5.41) is 0. The van der Waals surface area contributed by atoms with Crippen molar-refractivity contribution in [1.29, 1.82) is 0 Å². The van der Waals surface area contributed by atoms with Crippen molar-refractivity contribution in [3.05, 3.63) is 24.3 Å². The van der Waals surface area contributed by atoms with Gasteiger partial charge >= 0.3 is 11.9 Å². The van der Waals surface area contributed by atoms with Crippen LogP contribution in [0.3, 0.4) is 0 Å². The Hall–Kier alpha value is -1.58. The fraction of sp³-hybridized carbons (Fsp3) is 0.880. The van der Waals surface area contributed by atoms with E-state index in [1.165, 1.54) is 205 Å². The highest BCUT2D eigenvalue weighted by Gasteiger charge is 2.05. The molecule has 0 bridgehead atoms. The lowest BCUT2D eigenvalue weighted by Crippen LogP contribution is -2.14. The Morgan fingerprint density at radius 1 is 0.296 bits per heavy atom. The monoisotopic (exact) mass is 767 g/mol. The molecule has 0 aromatic heterocycles. The van der Waals surface area contributed by atoms with Gasteiger partial charge in [0.1, 0.15) is 13.2 Å². The first-order chi connectivity index (χ1) is 26.1. The molecular formula is C50H102O4. The van der Waals surface area contributed by atoms with Crippen LogP contribution in [0.4, 0.5) is 0 Å². The van der Waals surface area contributed by atoms with Crippen LogP contribution in [0.5, 0.6) is 0 Å². The third-order valence-electron chi connectivity index (χ3n) is 9.07. The Balaban J connectivity index is -0.000000187. The van der Waals surface area contributed by atoms with Gasteiger partial charge in [0.05, 0.1) is 0 Å². The second kappa shape index (κ2) is 60.7. The van der Waals surface area contributed by atoms with Gasteiger partial charge in [0.2, 0.25) is 0 Å². The standard InChI is InChI=1S/C10H14O4.4C10H22/c1-7(2)9(11)13-5-6-14-10(12)8(3)4;4*1-3-5-7-9-10-8-6-4-2/h1,3,5-6H2,2,4H3;4*3-10H2,1-2H3. The molecular weight excluding hydrogens is 665 g/mol. The maximum atomic E-state index is 10.8. The van der Waals surface area contributed by atoms with Crippen LogP contribution in [-0.2, 0) is 19.1 Å². The van der Waals surface area contributed by atoms with Gasteiger partial charge < -0.3 is 9.47 Å². The maximum absolute atomic E-state index is 10.8. The van der Waals surface area contributed by atoms with E-state index in [0.717, 1.165) is 0 Å². The van der Waals surface area contributed by atoms with Gasteiger partial charge in [0, 0.05) is 11.1 Å². The molecule has 54 heavy (non-hydrogen) atoms. The van der Waals surface area contributed by atoms with Crippen LogP contribution >= 0.6 is 0 Å². The van der Waals surface area contributed by atoms with Crippen LogP contribution in [-0.4, -0.2) is 25.2 Å². The lowest BCUT2D eigenvalue weighted by atomic mass is 10.1. The summed E-state index contributed by atoms with van der Waals surface area (Å²) in [7, 11) is 0. The topological polar surface area (TPSA) is 52.6 Å². The van der Waals surface area contributed by atoms with Crippen LogP contribution in [0.25, 0.3) is 0 Å². The minimum Gasteiger partial charge on any atom is -0.459 e. The van der Waals surface area contributed by atoms with Gasteiger partial charge in [-0.1, -0.05) is 274 Å². The minimum atomic E-state index is -0.489. The Morgan fingerprint density at radius 2 is 0.426 bits per heavy atom. The predicted molar refractivity (Wildman–Crippen MR) is 245 cm³/mol. The molecule has 4 nitrogen and oxygen atoms in total. The van der Waals surface area contributed by atoms with Gasteiger partial charge in [-0.3, -0.25) is 0 Å². The van der Waals surface area contributed by atoms with E-state index in [1.807, 2.05) is 0 Å². The second-order valence-corrected chi connectivity index (χ2v) is 15.3. The van der Waals surface area contributed by atoms with E-state index in [4.69, 9.17) is 0 Å². The molecule has 0 fully saturated rings. The molecule has 326 valence electrons. The zero-order valence-electron chi connectivity index (χ0n) is 39.1. The number of ether oxygens (including phenoxy) is 2. The highest BCUT2D eigenvalue weighted by atomic mass is 16.6. The molecule has 0 aromatic carbocycles. The Kier molecular flexibility index (Phi) is 69.2. The zero-order valence-corrected chi connectivity index (χ0v) is 39.1. The Labute approximate surface area is 342 Å². The average molecular weight is 767 g/mol. The van der Waals surface area contributed by atoms with Crippen molar-refractivity contribution in [2.45, 2.75) is 275 Å². The number of esters is 2. The molecule has 0 aliphatic heterocycles. The molecule has 0 atom stereocenters. The van der Waals surface area contributed by atoms with Gasteiger partial charge in [-0.2, -0.15) is 0 Å². The van der Waals surface area contributed by atoms with Gasteiger partial charge in [-0.15, -0.1) is 0 Å². The summed E-state index contributed by atoms with van der Waals surface area (Å²) in [6.07, 6.45) is 45.8. The van der Waals surface area contributed by atoms with Crippen LogP contribution in [0.1, 0.15) is 275 Å². The number of hydrogen-bond acceptors (Lipinski definition) is 4. The van der Waals surface area contributed by atoms with Crippen molar-refractivity contribution < 1.29 is 19.1 Å². The molecule has 0 N–H and O–H groups in total. The molecule has 4 heteroatoms. The summed E-state index contributed by atoms with van der Waals surface area (Å²) in [6.45, 7) is 28.1. The highest BCUT2D eigenvalue weighted by molar-refractivity contribution is 5.87. The van der Waals surface area contributed by atoms with Crippen LogP contribution in [0.15, 0.2) is 24.3 Å². The molecule has 0 saturated heterocycles. The van der Waals surface area contributed by atoms with Crippen LogP contribution in [0.2, 0.25) is 0 Å². The first-order valence-electron chi connectivity index (χ1n) is 23.8. The zero-order chi connectivity index (χ0) is 41.8. The van der Waals surface area contributed by atoms with Crippen LogP contribution < -0.4 is 0 Å². The van der Waals surface area contributed by atoms with Gasteiger partial charge in [-0.25, -0.2) is 9.59 Å². The van der Waals surface area contributed by atoms with Gasteiger partial charge in [0.15, 0.2) is 0 Å². The molecule has 0 amide bonds. The van der Waals surface area contributed by atoms with E-state index in [2.05, 4.69) is 78.0 Å². The first-order valence-corrected chi connectivity index (χ1v) is 23.8. The minimum absolute atomic E-state index is 0.0325. The van der Waals surface area contributed by atoms with E-state index < -0.39 is 11.9 Å². The van der Waals surface area contributed by atoms with Gasteiger partial charge in [0.25, 0.3) is 0 Å². The summed E-state index contributed by atoms with van der Waals surface area (Å²) < 4.78 is 9.38. The number of rotatable bonds is 33. The molecule has 0 aliphatic rings. The summed E-state index contributed by atoms with van der Waals surface area (Å²) in [4.78, 5) is 21.7. The van der Waals surface area contributed by atoms with Crippen molar-refractivity contribution in [3.8, 4) is 0 Å². The molecule has 0 unspecified atom stereocenters. The normalized spacial score (nSPS) is 9.89. The van der Waals surface area contributed by atoms with E-state index >= 15 is 0 Å². The van der Waals surface area contributed by atoms with Crippen molar-refractivity contribution in [1.82, 2.24) is 0 Å². The van der Waals surface area contributed by atoms with Crippen molar-refractivity contribution in [3.63, 3.8) is 0 Å². The SMILES string of the molecule is C=C(C)C(=O)OCCOC(=O)C(=C)C.CCCCCCCCCC.CCCCCCCCCC.CCCCCCCCCC.CCCCCCCCCC. The smallest absolute Gasteiger partial charge is 0.333 e. The fourth-order valence-electron chi connectivity index (χ4n) is 5.34. The third-order valence-corrected chi connectivity index (χ3v) is 9.07. The molecule has 0 aromatic rings. The lowest BCUT2D eigenvalue weighted by Gasteiger charge is -2.05. The quantitative estimate of drug-likeness (QED) is 0.0379. The average Bonchev–Trinajstić information content (AvgIpc) is 3.16. The van der Waals surface area contributed by atoms with E-state index in [1.54, 1.807) is 13.8 Å². The number of carbonyl (C=O) groups is 2. The Morgan fingerprint density at radius 3 is 0.537 bits per heavy atom. The molecule has 0 radical (unpaired) electrons. The maximum Gasteiger partial charge on any atom is 0.333 e. The molecule has 0 rings (SSSR count).